The van der Waals surface area contributed by atoms with Crippen LogP contribution in [0.5, 0.6) is 0 Å². The van der Waals surface area contributed by atoms with Crippen molar-refractivity contribution in [1.29, 1.82) is 0 Å². The number of oxazole rings is 1. The van der Waals surface area contributed by atoms with E-state index < -0.39 is 5.97 Å². The molecule has 0 bridgehead atoms. The number of rotatable bonds is 5. The molecule has 0 aliphatic heterocycles. The molecule has 0 amide bonds. The number of carboxylic acid groups (broad SMARTS) is 1. The normalized spacial score (nSPS) is 20.1. The molecule has 2 aliphatic rings. The first kappa shape index (κ1) is 9.69. The van der Waals surface area contributed by atoms with E-state index in [1.165, 1.54) is 31.9 Å². The lowest BCUT2D eigenvalue weighted by Crippen LogP contribution is -2.24. The van der Waals surface area contributed by atoms with E-state index in [1.807, 2.05) is 0 Å². The third-order valence-corrected chi connectivity index (χ3v) is 3.27. The Balaban J connectivity index is 1.69. The number of hydrogen-bond acceptors (Lipinski definition) is 4. The van der Waals surface area contributed by atoms with Gasteiger partial charge in [-0.25, -0.2) is 4.79 Å². The third-order valence-electron chi connectivity index (χ3n) is 3.27. The maximum Gasteiger partial charge on any atom is 0.357 e. The van der Waals surface area contributed by atoms with Crippen LogP contribution in [0, 0.1) is 11.8 Å². The fourth-order valence-electron chi connectivity index (χ4n) is 2.11. The minimum atomic E-state index is -1.05. The summed E-state index contributed by atoms with van der Waals surface area (Å²) >= 11 is 0. The van der Waals surface area contributed by atoms with E-state index in [9.17, 15) is 4.79 Å². The van der Waals surface area contributed by atoms with E-state index in [0.717, 1.165) is 11.8 Å². The molecular formula is C11H14N2O3. The maximum absolute atomic E-state index is 10.6. The first-order valence-corrected chi connectivity index (χ1v) is 5.69. The lowest BCUT2D eigenvalue weighted by molar-refractivity contribution is 0.0690. The van der Waals surface area contributed by atoms with Gasteiger partial charge >= 0.3 is 5.97 Å². The zero-order valence-corrected chi connectivity index (χ0v) is 8.85. The van der Waals surface area contributed by atoms with Crippen molar-refractivity contribution >= 4 is 12.0 Å². The summed E-state index contributed by atoms with van der Waals surface area (Å²) in [6, 6.07) is 0.779. The molecule has 1 heterocycles. The molecule has 2 aliphatic carbocycles. The van der Waals surface area contributed by atoms with E-state index in [2.05, 4.69) is 10.3 Å². The Morgan fingerprint density at radius 2 is 2.06 bits per heavy atom. The van der Waals surface area contributed by atoms with Crippen LogP contribution in [0.2, 0.25) is 0 Å². The quantitative estimate of drug-likeness (QED) is 0.796. The topological polar surface area (TPSA) is 75.4 Å². The van der Waals surface area contributed by atoms with Gasteiger partial charge in [0.2, 0.25) is 0 Å². The molecule has 5 nitrogen and oxygen atoms in total. The van der Waals surface area contributed by atoms with Crippen LogP contribution < -0.4 is 5.32 Å². The Bertz CT molecular complexity index is 395. The van der Waals surface area contributed by atoms with Crippen LogP contribution in [0.1, 0.15) is 36.2 Å². The average Bonchev–Trinajstić information content (AvgIpc) is 3.15. The Morgan fingerprint density at radius 3 is 2.50 bits per heavy atom. The molecule has 0 aromatic carbocycles. The highest BCUT2D eigenvalue weighted by Gasteiger charge is 2.42. The Morgan fingerprint density at radius 1 is 1.44 bits per heavy atom. The van der Waals surface area contributed by atoms with Gasteiger partial charge < -0.3 is 14.8 Å². The summed E-state index contributed by atoms with van der Waals surface area (Å²) in [5.41, 5.74) is -0.0344. The van der Waals surface area contributed by atoms with Gasteiger partial charge in [0.05, 0.1) is 0 Å². The molecule has 86 valence electrons. The lowest BCUT2D eigenvalue weighted by atomic mass is 10.1. The highest BCUT2D eigenvalue weighted by Crippen LogP contribution is 2.45. The highest BCUT2D eigenvalue weighted by atomic mass is 16.4. The van der Waals surface area contributed by atoms with Crippen LogP contribution in [0.3, 0.4) is 0 Å². The second-order valence-corrected chi connectivity index (χ2v) is 4.69. The zero-order valence-electron chi connectivity index (χ0n) is 8.85. The summed E-state index contributed by atoms with van der Waals surface area (Å²) in [6.07, 6.45) is 6.24. The Labute approximate surface area is 92.9 Å². The molecule has 2 N–H and O–H groups in total. The van der Waals surface area contributed by atoms with Crippen molar-refractivity contribution in [2.45, 2.75) is 31.7 Å². The fraction of sp³-hybridized carbons (Fsp3) is 0.636. The molecule has 0 spiro atoms. The van der Waals surface area contributed by atoms with E-state index in [4.69, 9.17) is 9.52 Å². The summed E-state index contributed by atoms with van der Waals surface area (Å²) in [6.45, 7) is 0. The predicted octanol–water partition coefficient (Wildman–Crippen LogP) is 1.97. The van der Waals surface area contributed by atoms with Crippen LogP contribution >= 0.6 is 0 Å². The van der Waals surface area contributed by atoms with Crippen molar-refractivity contribution in [2.24, 2.45) is 11.8 Å². The Kier molecular flexibility index (Phi) is 2.12. The van der Waals surface area contributed by atoms with Crippen LogP contribution in [-0.4, -0.2) is 22.1 Å². The molecule has 1 aromatic heterocycles. The van der Waals surface area contributed by atoms with Crippen LogP contribution in [0.15, 0.2) is 10.7 Å². The first-order chi connectivity index (χ1) is 7.74. The van der Waals surface area contributed by atoms with Gasteiger partial charge in [0.1, 0.15) is 6.26 Å². The van der Waals surface area contributed by atoms with Gasteiger partial charge in [-0.1, -0.05) is 0 Å². The molecule has 0 atom stereocenters. The standard InChI is InChI=1S/C11H14N2O3/c14-10(15)8-5-16-11(12-8)13-9(6-1-2-6)7-3-4-7/h5-7,9H,1-4H2,(H,12,13)(H,14,15). The van der Waals surface area contributed by atoms with Gasteiger partial charge in [0, 0.05) is 6.04 Å². The summed E-state index contributed by atoms with van der Waals surface area (Å²) in [7, 11) is 0. The number of hydrogen-bond donors (Lipinski definition) is 2. The second kappa shape index (κ2) is 3.50. The van der Waals surface area contributed by atoms with E-state index >= 15 is 0 Å². The fourth-order valence-corrected chi connectivity index (χ4v) is 2.11. The molecule has 2 saturated carbocycles. The van der Waals surface area contributed by atoms with Gasteiger partial charge in [-0.2, -0.15) is 4.98 Å². The maximum atomic E-state index is 10.6. The van der Waals surface area contributed by atoms with Crippen molar-refractivity contribution in [3.8, 4) is 0 Å². The van der Waals surface area contributed by atoms with Gasteiger partial charge in [0.15, 0.2) is 5.69 Å². The monoisotopic (exact) mass is 222 g/mol. The minimum absolute atomic E-state index is 0.0344. The van der Waals surface area contributed by atoms with Crippen molar-refractivity contribution < 1.29 is 14.3 Å². The summed E-state index contributed by atoms with van der Waals surface area (Å²) in [5, 5.41) is 12.0. The SMILES string of the molecule is O=C(O)c1coc(NC(C2CC2)C2CC2)n1. The number of aromatic nitrogens is 1. The van der Waals surface area contributed by atoms with Gasteiger partial charge in [-0.15, -0.1) is 0 Å². The number of aromatic carboxylic acids is 1. The van der Waals surface area contributed by atoms with Crippen LogP contribution in [-0.2, 0) is 0 Å². The van der Waals surface area contributed by atoms with Crippen LogP contribution in [0.25, 0.3) is 0 Å². The predicted molar refractivity (Wildman–Crippen MR) is 56.3 cm³/mol. The largest absolute Gasteiger partial charge is 0.476 e. The molecule has 0 saturated heterocycles. The van der Waals surface area contributed by atoms with Crippen molar-refractivity contribution in [2.75, 3.05) is 5.32 Å². The molecule has 5 heteroatoms. The summed E-state index contributed by atoms with van der Waals surface area (Å²) < 4.78 is 5.11. The smallest absolute Gasteiger partial charge is 0.357 e. The van der Waals surface area contributed by atoms with E-state index in [0.29, 0.717) is 12.1 Å². The Hall–Kier alpha value is -1.52. The first-order valence-electron chi connectivity index (χ1n) is 5.69. The van der Waals surface area contributed by atoms with E-state index in [1.54, 1.807) is 0 Å². The zero-order chi connectivity index (χ0) is 11.1. The molecule has 2 fully saturated rings. The average molecular weight is 222 g/mol. The number of anilines is 1. The van der Waals surface area contributed by atoms with Gasteiger partial charge in [0.25, 0.3) is 6.01 Å². The molecule has 1 aromatic rings. The van der Waals surface area contributed by atoms with Crippen molar-refractivity contribution in [3.05, 3.63) is 12.0 Å². The third kappa shape index (κ3) is 1.89. The number of nitrogens with zero attached hydrogens (tertiary/aromatic N) is 1. The molecule has 0 radical (unpaired) electrons. The van der Waals surface area contributed by atoms with Crippen LogP contribution in [0.4, 0.5) is 6.01 Å². The molecule has 16 heavy (non-hydrogen) atoms. The highest BCUT2D eigenvalue weighted by molar-refractivity contribution is 5.85. The summed E-state index contributed by atoms with van der Waals surface area (Å²) in [4.78, 5) is 14.5. The lowest BCUT2D eigenvalue weighted by Gasteiger charge is -2.15. The number of carbonyl (C=O) groups is 1. The second-order valence-electron chi connectivity index (χ2n) is 4.69. The van der Waals surface area contributed by atoms with Crippen molar-refractivity contribution in [1.82, 2.24) is 4.98 Å². The van der Waals surface area contributed by atoms with E-state index in [-0.39, 0.29) is 5.69 Å². The van der Waals surface area contributed by atoms with Crippen molar-refractivity contribution in [3.63, 3.8) is 0 Å². The molecular weight excluding hydrogens is 208 g/mol. The number of nitrogens with one attached hydrogen (secondary N) is 1. The number of carboxylic acids is 1. The summed E-state index contributed by atoms with van der Waals surface area (Å²) in [5.74, 6) is 0.409. The molecule has 3 rings (SSSR count). The van der Waals surface area contributed by atoms with Gasteiger partial charge in [-0.05, 0) is 37.5 Å². The molecule has 0 unspecified atom stereocenters. The van der Waals surface area contributed by atoms with Gasteiger partial charge in [-0.3, -0.25) is 0 Å². The minimum Gasteiger partial charge on any atom is -0.476 e.